The van der Waals surface area contributed by atoms with Crippen LogP contribution in [0.4, 0.5) is 0 Å². The minimum atomic E-state index is -1.79. The largest absolute Gasteiger partial charge is 0.368 e. The summed E-state index contributed by atoms with van der Waals surface area (Å²) in [6.07, 6.45) is 3.20. The lowest BCUT2D eigenvalue weighted by atomic mass is 9.92. The molecule has 1 aliphatic carbocycles. The van der Waals surface area contributed by atoms with Crippen molar-refractivity contribution in [2.45, 2.75) is 139 Å². The summed E-state index contributed by atoms with van der Waals surface area (Å²) in [5, 5.41) is 25.0. The lowest BCUT2D eigenvalue weighted by Gasteiger charge is -2.33. The van der Waals surface area contributed by atoms with Crippen LogP contribution in [0, 0.1) is 0 Å². The molecule has 1 saturated heterocycles. The van der Waals surface area contributed by atoms with Crippen molar-refractivity contribution in [2.75, 3.05) is 13.1 Å². The van der Waals surface area contributed by atoms with Crippen LogP contribution in [0.15, 0.2) is 97.2 Å². The Kier molecular flexibility index (Phi) is 20.4. The summed E-state index contributed by atoms with van der Waals surface area (Å²) in [6, 6.07) is 19.9. The number of hydrogen-bond acceptors (Lipinski definition) is 9. The highest BCUT2D eigenvalue weighted by Crippen LogP contribution is 2.31. The van der Waals surface area contributed by atoms with Crippen LogP contribution in [0.1, 0.15) is 93.9 Å². The van der Waals surface area contributed by atoms with Crippen molar-refractivity contribution in [3.8, 4) is 0 Å². The van der Waals surface area contributed by atoms with E-state index in [-0.39, 0.29) is 83.3 Å². The summed E-state index contributed by atoms with van der Waals surface area (Å²) in [5.41, 5.74) is 19.0. The molecule has 1 spiro atoms. The maximum atomic E-state index is 15.4. The standard InChI is InChI=1S/C58H73N13O9/c1-3-4-19-44(65-34(2)72)51(75)69-48-30-49(73)62-25-12-11-21-43(50(59)74)66-54(78)47(29-40-33-64-42-20-10-9-18-41(40)42)68-52(76)45(22-13-26-63-57(60)61)67-53(77)46(28-35-23-24-36-14-5-6-15-37(36)27-35)70-56(80)58(71-55(48)79)31-38-16-7-8-17-39(38)32-58/h5-10,14-18,20,23-24,27,33,43-48,64H,3-4,11-13,19,21-22,25-26,28-32H2,1-2H3,(H2,59,74)(H,62,73)(H,65,72)(H,66,78)(H,67,77)(H,68,76)(H,69,75)(H,70,80)(H,71,79)(H4,60,61,63)/p+1/t43-,44+,45+,46-,47-,48+/m0/s1. The van der Waals surface area contributed by atoms with Crippen molar-refractivity contribution >= 4 is 80.8 Å². The number of nitrogens with two attached hydrogens (primary N) is 3. The quantitative estimate of drug-likeness (QED) is 0.0349. The number of hydrogen-bond donors (Lipinski definition) is 13. The molecular formula is C58H74N13O9+. The molecule has 1 aromatic heterocycles. The monoisotopic (exact) mass is 1100 g/mol. The molecule has 1 fully saturated rings. The lowest BCUT2D eigenvalue weighted by molar-refractivity contribution is -0.459. The van der Waals surface area contributed by atoms with E-state index in [1.54, 1.807) is 18.3 Å². The number of amides is 9. The number of carbonyl (C=O) groups is 9. The number of fused-ring (bicyclic) bond motifs is 3. The first kappa shape index (κ1) is 58.9. The number of carbonyl (C=O) groups excluding carboxylic acids is 9. The molecule has 424 valence electrons. The topological polar surface area (TPSA) is 358 Å². The van der Waals surface area contributed by atoms with Crippen LogP contribution in [0.5, 0.6) is 0 Å². The van der Waals surface area contributed by atoms with Gasteiger partial charge in [0.15, 0.2) is 0 Å². The second-order valence-corrected chi connectivity index (χ2v) is 20.8. The Labute approximate surface area is 463 Å². The molecule has 2 heterocycles. The number of benzene rings is 4. The highest BCUT2D eigenvalue weighted by atomic mass is 16.2. The molecule has 6 atom stereocenters. The van der Waals surface area contributed by atoms with Crippen LogP contribution in [-0.2, 0) is 68.8 Å². The van der Waals surface area contributed by atoms with Gasteiger partial charge in [-0.1, -0.05) is 105 Å². The smallest absolute Gasteiger partial charge is 0.338 e. The van der Waals surface area contributed by atoms with E-state index in [0.29, 0.717) is 24.0 Å². The number of aromatic amines is 1. The molecule has 1 aliphatic heterocycles. The van der Waals surface area contributed by atoms with Gasteiger partial charge in [0.25, 0.3) is 0 Å². The van der Waals surface area contributed by atoms with E-state index in [1.165, 1.54) is 6.92 Å². The maximum Gasteiger partial charge on any atom is 0.338 e. The minimum absolute atomic E-state index is 0.0176. The van der Waals surface area contributed by atoms with Crippen molar-refractivity contribution in [2.24, 2.45) is 17.2 Å². The fourth-order valence-electron chi connectivity index (χ4n) is 10.4. The summed E-state index contributed by atoms with van der Waals surface area (Å²) in [6.45, 7) is 3.43. The summed E-state index contributed by atoms with van der Waals surface area (Å²) >= 11 is 0. The second-order valence-electron chi connectivity index (χ2n) is 20.8. The SMILES string of the molecule is CCCC[C@@H](NC(C)=O)C(=O)N[C@@H]1CC(=O)NCCCC[C@@H](C(N)=O)NC(=O)[C@H](Cc2c[nH]c3ccccc23)NC(=O)[C@@H](CCC[NH+]=C(N)N)NC(=O)[C@H](Cc2ccc3ccccc3c2)NC(=O)C2(Cc3ccccc3C2)NC1=O. The molecule has 80 heavy (non-hydrogen) atoms. The molecule has 7 rings (SSSR count). The molecule has 2 aliphatic rings. The molecule has 16 N–H and O–H groups in total. The van der Waals surface area contributed by atoms with E-state index in [4.69, 9.17) is 17.2 Å². The van der Waals surface area contributed by atoms with Gasteiger partial charge in [-0.05, 0) is 77.6 Å². The number of nitrogens with one attached hydrogen (secondary N) is 10. The number of aromatic nitrogens is 1. The Bertz CT molecular complexity index is 3090. The van der Waals surface area contributed by atoms with Gasteiger partial charge in [0.05, 0.1) is 13.0 Å². The van der Waals surface area contributed by atoms with Gasteiger partial charge in [0.2, 0.25) is 53.2 Å². The molecular weight excluding hydrogens is 1020 g/mol. The van der Waals surface area contributed by atoms with Crippen molar-refractivity contribution in [3.63, 3.8) is 0 Å². The van der Waals surface area contributed by atoms with E-state index in [2.05, 4.69) is 52.5 Å². The fourth-order valence-corrected chi connectivity index (χ4v) is 10.4. The molecule has 22 heteroatoms. The van der Waals surface area contributed by atoms with E-state index in [0.717, 1.165) is 32.8 Å². The Hall–Kier alpha value is -8.82. The summed E-state index contributed by atoms with van der Waals surface area (Å²) in [7, 11) is 0. The lowest BCUT2D eigenvalue weighted by Crippen LogP contribution is -2.78. The second kappa shape index (κ2) is 27.7. The van der Waals surface area contributed by atoms with Crippen LogP contribution < -0.4 is 64.7 Å². The van der Waals surface area contributed by atoms with Gasteiger partial charge in [-0.15, -0.1) is 0 Å². The number of guanidine groups is 1. The molecule has 0 bridgehead atoms. The third-order valence-corrected chi connectivity index (χ3v) is 14.6. The normalized spacial score (nSPS) is 20.9. The molecule has 5 aromatic rings. The van der Waals surface area contributed by atoms with Crippen molar-refractivity contribution in [1.82, 2.24) is 47.5 Å². The Morgan fingerprint density at radius 3 is 2.11 bits per heavy atom. The zero-order valence-electron chi connectivity index (χ0n) is 45.2. The van der Waals surface area contributed by atoms with Crippen molar-refractivity contribution in [1.29, 1.82) is 0 Å². The van der Waals surface area contributed by atoms with E-state index in [1.807, 2.05) is 85.8 Å². The molecule has 4 aromatic carbocycles. The molecule has 9 amide bonds. The molecule has 0 saturated carbocycles. The first-order valence-electron chi connectivity index (χ1n) is 27.3. The predicted molar refractivity (Wildman–Crippen MR) is 300 cm³/mol. The number of primary amides is 1. The number of para-hydroxylation sites is 1. The van der Waals surface area contributed by atoms with E-state index >= 15 is 9.59 Å². The first-order chi connectivity index (χ1) is 38.4. The average molecular weight is 1100 g/mol. The van der Waals surface area contributed by atoms with Crippen molar-refractivity contribution in [3.05, 3.63) is 119 Å². The van der Waals surface area contributed by atoms with Crippen LogP contribution >= 0.6 is 0 Å². The predicted octanol–water partition coefficient (Wildman–Crippen LogP) is -0.811. The molecule has 0 radical (unpaired) electrons. The summed E-state index contributed by atoms with van der Waals surface area (Å²) < 4.78 is 0. The highest BCUT2D eigenvalue weighted by molar-refractivity contribution is 6.01. The zero-order valence-corrected chi connectivity index (χ0v) is 45.2. The van der Waals surface area contributed by atoms with Crippen molar-refractivity contribution < 1.29 is 48.1 Å². The summed E-state index contributed by atoms with van der Waals surface area (Å²) in [4.78, 5) is 134. The molecule has 0 unspecified atom stereocenters. The number of H-pyrrole nitrogens is 1. The zero-order chi connectivity index (χ0) is 57.3. The number of unbranched alkanes of at least 4 members (excludes halogenated alkanes) is 1. The van der Waals surface area contributed by atoms with Gasteiger partial charge in [-0.2, -0.15) is 0 Å². The average Bonchev–Trinajstić information content (AvgIpc) is 4.02. The summed E-state index contributed by atoms with van der Waals surface area (Å²) in [5.74, 6) is -6.69. The van der Waals surface area contributed by atoms with Crippen LogP contribution in [0.2, 0.25) is 0 Å². The van der Waals surface area contributed by atoms with Gasteiger partial charge in [0, 0.05) is 56.3 Å². The van der Waals surface area contributed by atoms with Crippen LogP contribution in [0.25, 0.3) is 21.7 Å². The first-order valence-corrected chi connectivity index (χ1v) is 27.3. The Morgan fingerprint density at radius 2 is 1.40 bits per heavy atom. The number of rotatable bonds is 15. The van der Waals surface area contributed by atoms with E-state index in [9.17, 15) is 33.6 Å². The van der Waals surface area contributed by atoms with Crippen LogP contribution in [0.3, 0.4) is 0 Å². The van der Waals surface area contributed by atoms with E-state index < -0.39 is 101 Å². The maximum absolute atomic E-state index is 15.4. The van der Waals surface area contributed by atoms with Gasteiger partial charge in [0.1, 0.15) is 41.8 Å². The molecule has 22 nitrogen and oxygen atoms in total. The van der Waals surface area contributed by atoms with Gasteiger partial charge < -0.3 is 53.3 Å². The third kappa shape index (κ3) is 15.9. The van der Waals surface area contributed by atoms with Gasteiger partial charge in [-0.3, -0.25) is 59.6 Å². The van der Waals surface area contributed by atoms with Crippen LogP contribution in [-0.4, -0.2) is 119 Å². The van der Waals surface area contributed by atoms with Gasteiger partial charge >= 0.3 is 5.96 Å². The Morgan fingerprint density at radius 1 is 0.738 bits per heavy atom. The third-order valence-electron chi connectivity index (χ3n) is 14.6. The fraction of sp³-hybridized carbons (Fsp3) is 0.414. The highest BCUT2D eigenvalue weighted by Gasteiger charge is 2.48. The Balaban J connectivity index is 1.30. The minimum Gasteiger partial charge on any atom is -0.368 e. The van der Waals surface area contributed by atoms with Gasteiger partial charge in [-0.25, -0.2) is 0 Å².